The predicted molar refractivity (Wildman–Crippen MR) is 97.4 cm³/mol. The molecule has 2 aromatic rings. The first kappa shape index (κ1) is 17.5. The topological polar surface area (TPSA) is 26.3 Å². The van der Waals surface area contributed by atoms with Crippen LogP contribution >= 0.6 is 0 Å². The van der Waals surface area contributed by atoms with Crippen molar-refractivity contribution in [2.75, 3.05) is 6.61 Å². The Morgan fingerprint density at radius 1 is 0.913 bits per heavy atom. The molecule has 0 aliphatic heterocycles. The number of carbonyl (C=O) groups excluding carboxylic acids is 1. The number of fused-ring (bicyclic) bond motifs is 1. The van der Waals surface area contributed by atoms with Crippen LogP contribution in [0.25, 0.3) is 10.8 Å². The van der Waals surface area contributed by atoms with Gasteiger partial charge in [-0.3, -0.25) is 4.79 Å². The summed E-state index contributed by atoms with van der Waals surface area (Å²) in [7, 11) is 0. The summed E-state index contributed by atoms with van der Waals surface area (Å²) in [6.07, 6.45) is 11.3. The summed E-state index contributed by atoms with van der Waals surface area (Å²) in [5.41, 5.74) is 0.695. The highest BCUT2D eigenvalue weighted by Gasteiger charge is 2.03. The molecule has 2 aromatic carbocycles. The predicted octanol–water partition coefficient (Wildman–Crippen LogP) is 6.17. The molecule has 0 unspecified atom stereocenters. The van der Waals surface area contributed by atoms with Gasteiger partial charge in [0.05, 0.1) is 6.61 Å². The van der Waals surface area contributed by atoms with E-state index in [2.05, 4.69) is 6.92 Å². The number of unbranched alkanes of at least 4 members (excludes halogenated alkanes) is 7. The van der Waals surface area contributed by atoms with Gasteiger partial charge in [0.25, 0.3) is 0 Å². The highest BCUT2D eigenvalue weighted by molar-refractivity contribution is 5.92. The molecule has 0 radical (unpaired) electrons. The summed E-state index contributed by atoms with van der Waals surface area (Å²) in [5, 5.41) is 2.14. The molecule has 0 N–H and O–H groups in total. The summed E-state index contributed by atoms with van der Waals surface area (Å²) >= 11 is 0. The third-order valence-corrected chi connectivity index (χ3v) is 4.26. The Kier molecular flexibility index (Phi) is 7.65. The van der Waals surface area contributed by atoms with E-state index in [9.17, 15) is 4.79 Å². The minimum absolute atomic E-state index is 0.695. The fourth-order valence-electron chi connectivity index (χ4n) is 2.88. The van der Waals surface area contributed by atoms with Gasteiger partial charge in [-0.25, -0.2) is 0 Å². The van der Waals surface area contributed by atoms with Crippen LogP contribution < -0.4 is 4.74 Å². The lowest BCUT2D eigenvalue weighted by atomic mass is 10.1. The second-order valence-electron chi connectivity index (χ2n) is 6.18. The van der Waals surface area contributed by atoms with Crippen molar-refractivity contribution in [3.05, 3.63) is 42.0 Å². The number of rotatable bonds is 11. The molecule has 2 nitrogen and oxygen atoms in total. The number of ether oxygens (including phenoxy) is 1. The quantitative estimate of drug-likeness (QED) is 0.366. The minimum atomic E-state index is 0.695. The average molecular weight is 312 g/mol. The first-order valence-corrected chi connectivity index (χ1v) is 8.96. The maximum atomic E-state index is 10.9. The van der Waals surface area contributed by atoms with Crippen molar-refractivity contribution < 1.29 is 9.53 Å². The van der Waals surface area contributed by atoms with Gasteiger partial charge in [-0.1, -0.05) is 76.1 Å². The third-order valence-electron chi connectivity index (χ3n) is 4.26. The Bertz CT molecular complexity index is 604. The van der Waals surface area contributed by atoms with Crippen LogP contribution in [0.4, 0.5) is 0 Å². The molecule has 0 atom stereocenters. The van der Waals surface area contributed by atoms with Gasteiger partial charge in [0.1, 0.15) is 12.0 Å². The zero-order valence-corrected chi connectivity index (χ0v) is 14.2. The Morgan fingerprint density at radius 2 is 1.65 bits per heavy atom. The summed E-state index contributed by atoms with van der Waals surface area (Å²) < 4.78 is 5.95. The van der Waals surface area contributed by atoms with Crippen LogP contribution in [-0.2, 0) is 0 Å². The van der Waals surface area contributed by atoms with Crippen LogP contribution in [-0.4, -0.2) is 12.9 Å². The van der Waals surface area contributed by atoms with E-state index in [-0.39, 0.29) is 0 Å². The van der Waals surface area contributed by atoms with Crippen LogP contribution in [0.5, 0.6) is 5.75 Å². The van der Waals surface area contributed by atoms with Crippen molar-refractivity contribution in [3.8, 4) is 5.75 Å². The molecular weight excluding hydrogens is 284 g/mol. The summed E-state index contributed by atoms with van der Waals surface area (Å²) in [6, 6.07) is 11.8. The van der Waals surface area contributed by atoms with E-state index in [1.807, 2.05) is 36.4 Å². The summed E-state index contributed by atoms with van der Waals surface area (Å²) in [4.78, 5) is 10.9. The van der Waals surface area contributed by atoms with Gasteiger partial charge >= 0.3 is 0 Å². The van der Waals surface area contributed by atoms with E-state index >= 15 is 0 Å². The van der Waals surface area contributed by atoms with Gasteiger partial charge < -0.3 is 4.74 Å². The third kappa shape index (κ3) is 5.70. The molecule has 0 fully saturated rings. The van der Waals surface area contributed by atoms with E-state index < -0.39 is 0 Å². The molecule has 0 bridgehead atoms. The Balaban J connectivity index is 1.75. The maximum absolute atomic E-state index is 10.9. The molecule has 0 heterocycles. The first-order chi connectivity index (χ1) is 11.3. The Labute approximate surface area is 139 Å². The molecule has 2 rings (SSSR count). The van der Waals surface area contributed by atoms with Crippen LogP contribution in [0, 0.1) is 0 Å². The molecule has 0 aliphatic carbocycles. The number of benzene rings is 2. The van der Waals surface area contributed by atoms with Crippen LogP contribution in [0.2, 0.25) is 0 Å². The van der Waals surface area contributed by atoms with Gasteiger partial charge in [-0.05, 0) is 23.9 Å². The second-order valence-corrected chi connectivity index (χ2v) is 6.18. The first-order valence-electron chi connectivity index (χ1n) is 8.96. The molecular formula is C21H28O2. The number of carbonyl (C=O) groups is 1. The highest BCUT2D eigenvalue weighted by Crippen LogP contribution is 2.26. The molecule has 0 spiro atoms. The lowest BCUT2D eigenvalue weighted by Crippen LogP contribution is -1.98. The molecule has 0 amide bonds. The Morgan fingerprint density at radius 3 is 2.39 bits per heavy atom. The van der Waals surface area contributed by atoms with Crippen LogP contribution in [0.1, 0.15) is 68.6 Å². The van der Waals surface area contributed by atoms with Crippen LogP contribution in [0.3, 0.4) is 0 Å². The van der Waals surface area contributed by atoms with E-state index in [4.69, 9.17) is 4.74 Å². The van der Waals surface area contributed by atoms with Crippen molar-refractivity contribution in [1.82, 2.24) is 0 Å². The summed E-state index contributed by atoms with van der Waals surface area (Å²) in [5.74, 6) is 0.883. The molecule has 0 aromatic heterocycles. The van der Waals surface area contributed by atoms with Gasteiger partial charge in [0, 0.05) is 10.9 Å². The standard InChI is InChI=1S/C21H28O2/c1-2-3-4-5-6-7-8-9-15-23-21-12-10-11-19-14-13-18(17-22)16-20(19)21/h10-14,16-17H,2-9,15H2,1H3. The molecule has 23 heavy (non-hydrogen) atoms. The average Bonchev–Trinajstić information content (AvgIpc) is 2.60. The van der Waals surface area contributed by atoms with Crippen molar-refractivity contribution >= 4 is 17.1 Å². The minimum Gasteiger partial charge on any atom is -0.493 e. The maximum Gasteiger partial charge on any atom is 0.150 e. The monoisotopic (exact) mass is 312 g/mol. The summed E-state index contributed by atoms with van der Waals surface area (Å²) in [6.45, 7) is 3.00. The van der Waals surface area contributed by atoms with Crippen molar-refractivity contribution in [2.45, 2.75) is 58.3 Å². The van der Waals surface area contributed by atoms with Crippen molar-refractivity contribution in [3.63, 3.8) is 0 Å². The fraction of sp³-hybridized carbons (Fsp3) is 0.476. The van der Waals surface area contributed by atoms with E-state index in [0.29, 0.717) is 5.56 Å². The highest BCUT2D eigenvalue weighted by atomic mass is 16.5. The molecule has 0 saturated heterocycles. The van der Waals surface area contributed by atoms with Crippen molar-refractivity contribution in [1.29, 1.82) is 0 Å². The molecule has 2 heteroatoms. The Hall–Kier alpha value is -1.83. The van der Waals surface area contributed by atoms with Gasteiger partial charge in [-0.15, -0.1) is 0 Å². The number of hydrogen-bond donors (Lipinski definition) is 0. The van der Waals surface area contributed by atoms with Gasteiger partial charge in [0.2, 0.25) is 0 Å². The van der Waals surface area contributed by atoms with E-state index in [1.165, 1.54) is 44.9 Å². The second kappa shape index (κ2) is 10.0. The number of hydrogen-bond acceptors (Lipinski definition) is 2. The van der Waals surface area contributed by atoms with Gasteiger partial charge in [-0.2, -0.15) is 0 Å². The largest absolute Gasteiger partial charge is 0.493 e. The zero-order valence-electron chi connectivity index (χ0n) is 14.2. The molecule has 124 valence electrons. The van der Waals surface area contributed by atoms with E-state index in [1.54, 1.807) is 0 Å². The lowest BCUT2D eigenvalue weighted by molar-refractivity contribution is 0.112. The van der Waals surface area contributed by atoms with Gasteiger partial charge in [0.15, 0.2) is 0 Å². The lowest BCUT2D eigenvalue weighted by Gasteiger charge is -2.10. The fourth-order valence-corrected chi connectivity index (χ4v) is 2.88. The zero-order chi connectivity index (χ0) is 16.3. The number of aldehydes is 1. The SMILES string of the molecule is CCCCCCCCCCOc1cccc2ccc(C=O)cc12. The van der Waals surface area contributed by atoms with Crippen LogP contribution in [0.15, 0.2) is 36.4 Å². The molecule has 0 aliphatic rings. The molecule has 0 saturated carbocycles. The van der Waals surface area contributed by atoms with Crippen molar-refractivity contribution in [2.24, 2.45) is 0 Å². The van der Waals surface area contributed by atoms with E-state index in [0.717, 1.165) is 35.8 Å². The smallest absolute Gasteiger partial charge is 0.150 e. The normalized spacial score (nSPS) is 10.8.